The molecular formula is C15H25N3O2. The summed E-state index contributed by atoms with van der Waals surface area (Å²) in [5.41, 5.74) is 2.30. The monoisotopic (exact) mass is 279 g/mol. The fraction of sp³-hybridized carbons (Fsp3) is 0.733. The molecule has 1 aromatic heterocycles. The number of carbonyl (C=O) groups is 1. The summed E-state index contributed by atoms with van der Waals surface area (Å²) in [4.78, 5) is 14.5. The van der Waals surface area contributed by atoms with Gasteiger partial charge in [0.05, 0.1) is 18.8 Å². The SMILES string of the molecule is Cc1c(CCC(=O)N(C(C)C)[C@H]2CCOC2)cnn1C. The highest BCUT2D eigenvalue weighted by molar-refractivity contribution is 5.77. The maximum Gasteiger partial charge on any atom is 0.223 e. The van der Waals surface area contributed by atoms with E-state index in [1.807, 2.05) is 29.7 Å². The van der Waals surface area contributed by atoms with Crippen molar-refractivity contribution in [2.45, 2.75) is 52.1 Å². The van der Waals surface area contributed by atoms with E-state index in [1.165, 1.54) is 0 Å². The Morgan fingerprint density at radius 2 is 2.35 bits per heavy atom. The number of carbonyl (C=O) groups excluding carboxylic acids is 1. The molecule has 0 aromatic carbocycles. The summed E-state index contributed by atoms with van der Waals surface area (Å²) >= 11 is 0. The summed E-state index contributed by atoms with van der Waals surface area (Å²) in [6.45, 7) is 7.63. The lowest BCUT2D eigenvalue weighted by Crippen LogP contribution is -2.45. The van der Waals surface area contributed by atoms with Crippen LogP contribution in [0.5, 0.6) is 0 Å². The van der Waals surface area contributed by atoms with E-state index in [9.17, 15) is 4.79 Å². The fourth-order valence-corrected chi connectivity index (χ4v) is 2.82. The predicted molar refractivity (Wildman–Crippen MR) is 77.5 cm³/mol. The molecule has 20 heavy (non-hydrogen) atoms. The Hall–Kier alpha value is -1.36. The topological polar surface area (TPSA) is 47.4 Å². The summed E-state index contributed by atoms with van der Waals surface area (Å²) in [5, 5.41) is 4.22. The van der Waals surface area contributed by atoms with E-state index in [0.29, 0.717) is 13.0 Å². The first-order chi connectivity index (χ1) is 9.50. The van der Waals surface area contributed by atoms with Crippen molar-refractivity contribution in [3.8, 4) is 0 Å². The second kappa shape index (κ2) is 6.39. The molecule has 1 saturated heterocycles. The van der Waals surface area contributed by atoms with Crippen molar-refractivity contribution in [2.75, 3.05) is 13.2 Å². The van der Waals surface area contributed by atoms with E-state index in [4.69, 9.17) is 4.74 Å². The van der Waals surface area contributed by atoms with Gasteiger partial charge in [0, 0.05) is 31.8 Å². The van der Waals surface area contributed by atoms with Gasteiger partial charge in [-0.2, -0.15) is 5.10 Å². The van der Waals surface area contributed by atoms with E-state index in [-0.39, 0.29) is 18.0 Å². The van der Waals surface area contributed by atoms with Crippen LogP contribution in [-0.4, -0.2) is 45.9 Å². The Kier molecular flexibility index (Phi) is 4.81. The van der Waals surface area contributed by atoms with Gasteiger partial charge < -0.3 is 9.64 Å². The molecule has 2 rings (SSSR count). The summed E-state index contributed by atoms with van der Waals surface area (Å²) in [6.07, 6.45) is 4.12. The minimum absolute atomic E-state index is 0.221. The molecule has 0 aliphatic carbocycles. The van der Waals surface area contributed by atoms with Gasteiger partial charge in [-0.15, -0.1) is 0 Å². The van der Waals surface area contributed by atoms with Crippen LogP contribution < -0.4 is 0 Å². The second-order valence-electron chi connectivity index (χ2n) is 5.79. The van der Waals surface area contributed by atoms with Crippen molar-refractivity contribution in [2.24, 2.45) is 7.05 Å². The molecule has 0 unspecified atom stereocenters. The molecule has 0 spiro atoms. The van der Waals surface area contributed by atoms with E-state index in [1.54, 1.807) is 0 Å². The van der Waals surface area contributed by atoms with Crippen LogP contribution >= 0.6 is 0 Å². The summed E-state index contributed by atoms with van der Waals surface area (Å²) < 4.78 is 7.27. The van der Waals surface area contributed by atoms with Crippen LogP contribution in [0.2, 0.25) is 0 Å². The largest absolute Gasteiger partial charge is 0.379 e. The number of ether oxygens (including phenoxy) is 1. The molecule has 2 heterocycles. The van der Waals surface area contributed by atoms with Crippen LogP contribution in [0, 0.1) is 6.92 Å². The predicted octanol–water partition coefficient (Wildman–Crippen LogP) is 1.69. The molecule has 0 N–H and O–H groups in total. The van der Waals surface area contributed by atoms with Crippen molar-refractivity contribution in [3.05, 3.63) is 17.5 Å². The van der Waals surface area contributed by atoms with E-state index in [2.05, 4.69) is 18.9 Å². The molecule has 1 atom stereocenters. The van der Waals surface area contributed by atoms with Gasteiger partial charge in [0.2, 0.25) is 5.91 Å². The molecule has 5 nitrogen and oxygen atoms in total. The first kappa shape index (κ1) is 15.0. The molecule has 1 aliphatic rings. The zero-order valence-corrected chi connectivity index (χ0v) is 12.9. The van der Waals surface area contributed by atoms with Crippen molar-refractivity contribution >= 4 is 5.91 Å². The van der Waals surface area contributed by atoms with E-state index >= 15 is 0 Å². The third-order valence-electron chi connectivity index (χ3n) is 4.09. The van der Waals surface area contributed by atoms with Crippen LogP contribution in [0.3, 0.4) is 0 Å². The lowest BCUT2D eigenvalue weighted by molar-refractivity contribution is -0.135. The number of rotatable bonds is 5. The number of hydrogen-bond acceptors (Lipinski definition) is 3. The van der Waals surface area contributed by atoms with Crippen molar-refractivity contribution in [1.82, 2.24) is 14.7 Å². The highest BCUT2D eigenvalue weighted by atomic mass is 16.5. The number of aryl methyl sites for hydroxylation is 2. The van der Waals surface area contributed by atoms with Crippen LogP contribution in [0.25, 0.3) is 0 Å². The summed E-state index contributed by atoms with van der Waals surface area (Å²) in [5.74, 6) is 0.221. The Labute approximate surface area is 120 Å². The molecule has 0 saturated carbocycles. The van der Waals surface area contributed by atoms with Crippen molar-refractivity contribution in [3.63, 3.8) is 0 Å². The smallest absolute Gasteiger partial charge is 0.223 e. The number of nitrogens with zero attached hydrogens (tertiary/aromatic N) is 3. The van der Waals surface area contributed by atoms with Crippen LogP contribution in [0.15, 0.2) is 6.20 Å². The van der Waals surface area contributed by atoms with Gasteiger partial charge in [-0.25, -0.2) is 0 Å². The first-order valence-electron chi connectivity index (χ1n) is 7.37. The Balaban J connectivity index is 1.96. The summed E-state index contributed by atoms with van der Waals surface area (Å²) in [7, 11) is 1.93. The highest BCUT2D eigenvalue weighted by Gasteiger charge is 2.29. The van der Waals surface area contributed by atoms with Gasteiger partial charge in [-0.3, -0.25) is 9.48 Å². The molecule has 0 radical (unpaired) electrons. The minimum atomic E-state index is 0.221. The molecule has 0 bridgehead atoms. The van der Waals surface area contributed by atoms with Gasteiger partial charge in [0.1, 0.15) is 0 Å². The zero-order valence-electron chi connectivity index (χ0n) is 12.9. The second-order valence-corrected chi connectivity index (χ2v) is 5.79. The molecule has 1 fully saturated rings. The normalized spacial score (nSPS) is 18.8. The summed E-state index contributed by atoms with van der Waals surface area (Å²) in [6, 6.07) is 0.474. The lowest BCUT2D eigenvalue weighted by Gasteiger charge is -2.32. The van der Waals surface area contributed by atoms with Crippen LogP contribution in [-0.2, 0) is 23.0 Å². The number of amides is 1. The first-order valence-corrected chi connectivity index (χ1v) is 7.37. The van der Waals surface area contributed by atoms with Crippen LogP contribution in [0.1, 0.15) is 37.9 Å². The molecule has 1 amide bonds. The van der Waals surface area contributed by atoms with E-state index in [0.717, 1.165) is 30.7 Å². The highest BCUT2D eigenvalue weighted by Crippen LogP contribution is 2.18. The average molecular weight is 279 g/mol. The van der Waals surface area contributed by atoms with Gasteiger partial charge >= 0.3 is 0 Å². The number of aromatic nitrogens is 2. The molecule has 1 aromatic rings. The zero-order chi connectivity index (χ0) is 14.7. The third kappa shape index (κ3) is 3.20. The molecular weight excluding hydrogens is 254 g/mol. The Morgan fingerprint density at radius 3 is 2.85 bits per heavy atom. The third-order valence-corrected chi connectivity index (χ3v) is 4.09. The number of hydrogen-bond donors (Lipinski definition) is 0. The molecule has 1 aliphatic heterocycles. The molecule has 5 heteroatoms. The van der Waals surface area contributed by atoms with Gasteiger partial charge in [0.15, 0.2) is 0 Å². The maximum absolute atomic E-state index is 12.5. The minimum Gasteiger partial charge on any atom is -0.379 e. The maximum atomic E-state index is 12.5. The fourth-order valence-electron chi connectivity index (χ4n) is 2.82. The van der Waals surface area contributed by atoms with Gasteiger partial charge in [-0.05, 0) is 39.2 Å². The lowest BCUT2D eigenvalue weighted by atomic mass is 10.1. The average Bonchev–Trinajstić information content (AvgIpc) is 3.00. The van der Waals surface area contributed by atoms with E-state index < -0.39 is 0 Å². The van der Waals surface area contributed by atoms with Gasteiger partial charge in [-0.1, -0.05) is 0 Å². The van der Waals surface area contributed by atoms with Gasteiger partial charge in [0.25, 0.3) is 0 Å². The molecule has 112 valence electrons. The van der Waals surface area contributed by atoms with Crippen LogP contribution in [0.4, 0.5) is 0 Å². The Morgan fingerprint density at radius 1 is 1.60 bits per heavy atom. The standard InChI is InChI=1S/C15H25N3O2/c1-11(2)18(14-7-8-20-10-14)15(19)6-5-13-9-16-17(4)12(13)3/h9,11,14H,5-8,10H2,1-4H3/t14-/m0/s1. The quantitative estimate of drug-likeness (QED) is 0.824. The van der Waals surface area contributed by atoms with Crippen molar-refractivity contribution in [1.29, 1.82) is 0 Å². The Bertz CT molecular complexity index is 462. The van der Waals surface area contributed by atoms with Crippen molar-refractivity contribution < 1.29 is 9.53 Å².